The van der Waals surface area contributed by atoms with Crippen LogP contribution in [0.25, 0.3) is 0 Å². The second kappa shape index (κ2) is 14.1. The summed E-state index contributed by atoms with van der Waals surface area (Å²) in [6, 6.07) is 7.47. The fourth-order valence-electron chi connectivity index (χ4n) is 2.82. The molecule has 0 aliphatic carbocycles. The lowest BCUT2D eigenvalue weighted by Gasteiger charge is -2.21. The van der Waals surface area contributed by atoms with E-state index in [0.717, 1.165) is 5.56 Å². The highest BCUT2D eigenvalue weighted by molar-refractivity contribution is 5.91. The Balaban J connectivity index is 2.53. The van der Waals surface area contributed by atoms with Gasteiger partial charge < -0.3 is 31.2 Å². The number of unbranched alkanes of at least 4 members (excludes halogenated alkanes) is 1. The minimum absolute atomic E-state index is 0.242. The van der Waals surface area contributed by atoms with Gasteiger partial charge in [0.05, 0.1) is 13.2 Å². The summed E-state index contributed by atoms with van der Waals surface area (Å²) in [6.07, 6.45) is 1.34. The third-order valence-corrected chi connectivity index (χ3v) is 4.50. The second-order valence-electron chi connectivity index (χ2n) is 8.58. The number of benzene rings is 1. The van der Waals surface area contributed by atoms with Gasteiger partial charge in [0, 0.05) is 13.0 Å². The molecule has 0 saturated carbocycles. The number of carbonyl (C=O) groups is 4. The number of carbonyl (C=O) groups excluding carboxylic acids is 4. The smallest absolute Gasteiger partial charge is 0.407 e. The van der Waals surface area contributed by atoms with Crippen LogP contribution in [0.1, 0.15) is 45.6 Å². The van der Waals surface area contributed by atoms with E-state index in [-0.39, 0.29) is 13.0 Å². The summed E-state index contributed by atoms with van der Waals surface area (Å²) in [4.78, 5) is 48.1. The molecule has 0 aliphatic rings. The van der Waals surface area contributed by atoms with Crippen molar-refractivity contribution in [3.8, 4) is 0 Å². The van der Waals surface area contributed by atoms with Gasteiger partial charge in [-0.2, -0.15) is 0 Å². The van der Waals surface area contributed by atoms with Crippen LogP contribution in [-0.2, 0) is 30.3 Å². The molecule has 10 heteroatoms. The van der Waals surface area contributed by atoms with Crippen LogP contribution in [-0.4, -0.2) is 61.8 Å². The van der Waals surface area contributed by atoms with Crippen LogP contribution in [0.4, 0.5) is 4.79 Å². The molecule has 0 heterocycles. The highest BCUT2D eigenvalue weighted by atomic mass is 16.6. The first-order valence-electron chi connectivity index (χ1n) is 10.9. The van der Waals surface area contributed by atoms with Gasteiger partial charge in [-0.15, -0.1) is 0 Å². The van der Waals surface area contributed by atoms with Crippen LogP contribution < -0.4 is 21.7 Å². The maximum absolute atomic E-state index is 12.6. The van der Waals surface area contributed by atoms with Gasteiger partial charge in [-0.1, -0.05) is 30.3 Å². The summed E-state index contributed by atoms with van der Waals surface area (Å²) in [6.45, 7) is 5.45. The van der Waals surface area contributed by atoms with E-state index in [1.165, 1.54) is 7.11 Å². The van der Waals surface area contributed by atoms with E-state index in [4.69, 9.17) is 10.5 Å². The van der Waals surface area contributed by atoms with Crippen molar-refractivity contribution in [3.63, 3.8) is 0 Å². The first-order valence-corrected chi connectivity index (χ1v) is 10.9. The summed E-state index contributed by atoms with van der Waals surface area (Å²) in [5, 5.41) is 7.79. The molecular weight excluding hydrogens is 428 g/mol. The Hall–Kier alpha value is -3.14. The molecule has 3 amide bonds. The Morgan fingerprint density at radius 2 is 1.67 bits per heavy atom. The van der Waals surface area contributed by atoms with Crippen LogP contribution in [0.15, 0.2) is 30.3 Å². The molecule has 5 N–H and O–H groups in total. The minimum atomic E-state index is -0.899. The molecule has 184 valence electrons. The molecule has 0 bridgehead atoms. The fourth-order valence-corrected chi connectivity index (χ4v) is 2.82. The third kappa shape index (κ3) is 12.5. The molecular formula is C23H36N4O6. The largest absolute Gasteiger partial charge is 0.468 e. The Morgan fingerprint density at radius 3 is 2.27 bits per heavy atom. The average molecular weight is 465 g/mol. The van der Waals surface area contributed by atoms with Crippen molar-refractivity contribution in [2.45, 2.75) is 64.1 Å². The molecule has 0 radical (unpaired) electrons. The minimum Gasteiger partial charge on any atom is -0.468 e. The number of nitrogens with one attached hydrogen (secondary N) is 3. The van der Waals surface area contributed by atoms with E-state index in [1.807, 2.05) is 30.3 Å². The molecule has 1 aromatic carbocycles. The zero-order valence-corrected chi connectivity index (χ0v) is 19.8. The van der Waals surface area contributed by atoms with Crippen LogP contribution in [0.2, 0.25) is 0 Å². The lowest BCUT2D eigenvalue weighted by molar-refractivity contribution is -0.141. The lowest BCUT2D eigenvalue weighted by atomic mass is 10.0. The molecule has 0 saturated heterocycles. The summed E-state index contributed by atoms with van der Waals surface area (Å²) in [5.41, 5.74) is 6.28. The molecule has 2 atom stereocenters. The normalized spacial score (nSPS) is 12.8. The topological polar surface area (TPSA) is 149 Å². The predicted octanol–water partition coefficient (Wildman–Crippen LogP) is 1.03. The Morgan fingerprint density at radius 1 is 1.00 bits per heavy atom. The number of amides is 3. The van der Waals surface area contributed by atoms with Gasteiger partial charge in [0.15, 0.2) is 0 Å². The van der Waals surface area contributed by atoms with Crippen molar-refractivity contribution >= 4 is 23.9 Å². The van der Waals surface area contributed by atoms with Crippen molar-refractivity contribution in [1.82, 2.24) is 16.0 Å². The van der Waals surface area contributed by atoms with E-state index in [9.17, 15) is 19.2 Å². The number of esters is 1. The number of methoxy groups -OCH3 is 1. The SMILES string of the molecule is COC(=O)CNC(=O)[C@H](Cc1ccccc1)NC(=O)[C@H](N)CCCCNC(=O)OC(C)(C)C. The maximum Gasteiger partial charge on any atom is 0.407 e. The summed E-state index contributed by atoms with van der Waals surface area (Å²) < 4.78 is 9.68. The van der Waals surface area contributed by atoms with Crippen molar-refractivity contribution < 1.29 is 28.7 Å². The number of rotatable bonds is 12. The summed E-state index contributed by atoms with van der Waals surface area (Å²) in [7, 11) is 1.22. The third-order valence-electron chi connectivity index (χ3n) is 4.50. The average Bonchev–Trinajstić information content (AvgIpc) is 2.75. The van der Waals surface area contributed by atoms with Gasteiger partial charge in [-0.05, 0) is 45.6 Å². The van der Waals surface area contributed by atoms with Crippen molar-refractivity contribution in [3.05, 3.63) is 35.9 Å². The second-order valence-corrected chi connectivity index (χ2v) is 8.58. The van der Waals surface area contributed by atoms with Gasteiger partial charge >= 0.3 is 12.1 Å². The molecule has 0 unspecified atom stereocenters. The van der Waals surface area contributed by atoms with E-state index in [1.54, 1.807) is 20.8 Å². The van der Waals surface area contributed by atoms with Crippen molar-refractivity contribution in [2.24, 2.45) is 5.73 Å². The lowest BCUT2D eigenvalue weighted by Crippen LogP contribution is -2.53. The van der Waals surface area contributed by atoms with Crippen LogP contribution in [0, 0.1) is 0 Å². The molecule has 33 heavy (non-hydrogen) atoms. The number of ether oxygens (including phenoxy) is 2. The van der Waals surface area contributed by atoms with Crippen LogP contribution in [0.3, 0.4) is 0 Å². The molecule has 0 aliphatic heterocycles. The van der Waals surface area contributed by atoms with Crippen molar-refractivity contribution in [2.75, 3.05) is 20.2 Å². The number of nitrogens with two attached hydrogens (primary N) is 1. The van der Waals surface area contributed by atoms with Gasteiger partial charge in [0.25, 0.3) is 0 Å². The first-order chi connectivity index (χ1) is 15.5. The molecule has 10 nitrogen and oxygen atoms in total. The van der Waals surface area contributed by atoms with E-state index in [0.29, 0.717) is 25.8 Å². The highest BCUT2D eigenvalue weighted by Crippen LogP contribution is 2.07. The number of hydrogen-bond donors (Lipinski definition) is 4. The Kier molecular flexibility index (Phi) is 11.9. The molecule has 0 fully saturated rings. The van der Waals surface area contributed by atoms with Gasteiger partial charge in [0.1, 0.15) is 18.2 Å². The summed E-state index contributed by atoms with van der Waals surface area (Å²) in [5.74, 6) is -1.57. The molecule has 1 aromatic rings. The van der Waals surface area contributed by atoms with Gasteiger partial charge in [-0.3, -0.25) is 14.4 Å². The quantitative estimate of drug-likeness (QED) is 0.267. The highest BCUT2D eigenvalue weighted by Gasteiger charge is 2.24. The predicted molar refractivity (Wildman–Crippen MR) is 123 cm³/mol. The van der Waals surface area contributed by atoms with Gasteiger partial charge in [-0.25, -0.2) is 4.79 Å². The fraction of sp³-hybridized carbons (Fsp3) is 0.565. The molecule has 0 spiro atoms. The maximum atomic E-state index is 12.6. The van der Waals surface area contributed by atoms with Crippen LogP contribution >= 0.6 is 0 Å². The standard InChI is InChI=1S/C23H36N4O6/c1-23(2,3)33-22(31)25-13-9-8-12-17(24)20(29)27-18(14-16-10-6-5-7-11-16)21(30)26-15-19(28)32-4/h5-7,10-11,17-18H,8-9,12-15,24H2,1-4H3,(H,25,31)(H,26,30)(H,27,29)/t17-,18+/m1/s1. The van der Waals surface area contributed by atoms with Crippen LogP contribution in [0.5, 0.6) is 0 Å². The zero-order chi connectivity index (χ0) is 24.9. The number of hydrogen-bond acceptors (Lipinski definition) is 7. The van der Waals surface area contributed by atoms with E-state index in [2.05, 4.69) is 20.7 Å². The first kappa shape index (κ1) is 27.9. The molecule has 1 rings (SSSR count). The zero-order valence-electron chi connectivity index (χ0n) is 19.8. The van der Waals surface area contributed by atoms with E-state index < -0.39 is 41.6 Å². The number of alkyl carbamates (subject to hydrolysis) is 1. The van der Waals surface area contributed by atoms with Gasteiger partial charge in [0.2, 0.25) is 11.8 Å². The molecule has 0 aromatic heterocycles. The Bertz CT molecular complexity index is 779. The summed E-state index contributed by atoms with van der Waals surface area (Å²) >= 11 is 0. The Labute approximate surface area is 194 Å². The monoisotopic (exact) mass is 464 g/mol. The van der Waals surface area contributed by atoms with Crippen molar-refractivity contribution in [1.29, 1.82) is 0 Å². The van der Waals surface area contributed by atoms with E-state index >= 15 is 0 Å².